The molecule has 5 rings (SSSR count). The average molecular weight is 379 g/mol. The summed E-state index contributed by atoms with van der Waals surface area (Å²) in [5.41, 5.74) is 6.79. The minimum absolute atomic E-state index is 0.0465. The second-order valence-electron chi connectivity index (χ2n) is 7.17. The van der Waals surface area contributed by atoms with Crippen LogP contribution in [0, 0.1) is 0 Å². The number of aliphatic hydroxyl groups is 1. The number of phenols is 1. The highest BCUT2D eigenvalue weighted by molar-refractivity contribution is 5.93. The molecule has 2 aromatic heterocycles. The Hall–Kier alpha value is -3.39. The number of nitrogens with zero attached hydrogens (tertiary/aromatic N) is 2. The lowest BCUT2D eigenvalue weighted by atomic mass is 9.86. The maximum Gasteiger partial charge on any atom is 0.343 e. The van der Waals surface area contributed by atoms with E-state index in [4.69, 9.17) is 10.5 Å². The van der Waals surface area contributed by atoms with Crippen molar-refractivity contribution in [2.45, 2.75) is 32.1 Å². The predicted octanol–water partition coefficient (Wildman–Crippen LogP) is 1.37. The molecule has 0 amide bonds. The van der Waals surface area contributed by atoms with Crippen LogP contribution >= 0.6 is 0 Å². The van der Waals surface area contributed by atoms with Gasteiger partial charge in [0.1, 0.15) is 12.4 Å². The van der Waals surface area contributed by atoms with E-state index >= 15 is 0 Å². The van der Waals surface area contributed by atoms with Crippen molar-refractivity contribution in [3.63, 3.8) is 0 Å². The Morgan fingerprint density at radius 3 is 2.86 bits per heavy atom. The Morgan fingerprint density at radius 2 is 2.11 bits per heavy atom. The molecule has 0 bridgehead atoms. The summed E-state index contributed by atoms with van der Waals surface area (Å²) in [6, 6.07) is 6.69. The number of phenolic OH excluding ortho intramolecular Hbond substituents is 1. The average Bonchev–Trinajstić information content (AvgIpc) is 3.05. The Bertz CT molecular complexity index is 1260. The number of carbonyl (C=O) groups excluding carboxylic acids is 1. The van der Waals surface area contributed by atoms with Crippen LogP contribution in [-0.2, 0) is 28.3 Å². The number of hydrogen-bond donors (Lipinski definition) is 3. The van der Waals surface area contributed by atoms with Gasteiger partial charge in [0.2, 0.25) is 0 Å². The van der Waals surface area contributed by atoms with Gasteiger partial charge in [0.25, 0.3) is 5.56 Å². The van der Waals surface area contributed by atoms with Crippen LogP contribution in [0.5, 0.6) is 5.75 Å². The van der Waals surface area contributed by atoms with Crippen LogP contribution in [0.25, 0.3) is 22.3 Å². The second-order valence-corrected chi connectivity index (χ2v) is 7.17. The van der Waals surface area contributed by atoms with E-state index in [9.17, 15) is 19.8 Å². The SMILES string of the molecule is CCC1(O)C(=O)OCc2c1cc1n(c2=O)Cc2cc3c(O)c(N)ccc3nc2-1. The third kappa shape index (κ3) is 1.95. The largest absolute Gasteiger partial charge is 0.505 e. The molecule has 4 heterocycles. The van der Waals surface area contributed by atoms with Crippen LogP contribution in [0.4, 0.5) is 5.69 Å². The van der Waals surface area contributed by atoms with E-state index in [-0.39, 0.29) is 47.7 Å². The predicted molar refractivity (Wildman–Crippen MR) is 101 cm³/mol. The molecule has 0 spiro atoms. The van der Waals surface area contributed by atoms with Gasteiger partial charge in [-0.25, -0.2) is 9.78 Å². The van der Waals surface area contributed by atoms with Crippen LogP contribution in [0.15, 0.2) is 29.1 Å². The summed E-state index contributed by atoms with van der Waals surface area (Å²) in [7, 11) is 0. The molecule has 8 heteroatoms. The highest BCUT2D eigenvalue weighted by atomic mass is 16.6. The number of benzene rings is 1. The summed E-state index contributed by atoms with van der Waals surface area (Å²) >= 11 is 0. The number of ether oxygens (including phenoxy) is 1. The zero-order chi connectivity index (χ0) is 19.8. The number of pyridine rings is 2. The van der Waals surface area contributed by atoms with Gasteiger partial charge < -0.3 is 25.3 Å². The van der Waals surface area contributed by atoms with Gasteiger partial charge in [-0.2, -0.15) is 0 Å². The van der Waals surface area contributed by atoms with E-state index < -0.39 is 11.6 Å². The van der Waals surface area contributed by atoms with E-state index in [1.165, 1.54) is 0 Å². The van der Waals surface area contributed by atoms with Gasteiger partial charge in [0, 0.05) is 16.5 Å². The maximum atomic E-state index is 13.1. The number of anilines is 1. The Kier molecular flexibility index (Phi) is 3.19. The number of aromatic hydroxyl groups is 1. The molecule has 0 radical (unpaired) electrons. The van der Waals surface area contributed by atoms with Crippen LogP contribution in [0.3, 0.4) is 0 Å². The fourth-order valence-corrected chi connectivity index (χ4v) is 4.05. The molecule has 4 N–H and O–H groups in total. The first-order chi connectivity index (χ1) is 13.3. The van der Waals surface area contributed by atoms with Gasteiger partial charge >= 0.3 is 5.97 Å². The summed E-state index contributed by atoms with van der Waals surface area (Å²) in [5.74, 6) is -0.799. The lowest BCUT2D eigenvalue weighted by Crippen LogP contribution is -2.44. The minimum Gasteiger partial charge on any atom is -0.505 e. The van der Waals surface area contributed by atoms with Gasteiger partial charge in [-0.3, -0.25) is 4.79 Å². The lowest BCUT2D eigenvalue weighted by molar-refractivity contribution is -0.172. The third-order valence-corrected chi connectivity index (χ3v) is 5.69. The maximum absolute atomic E-state index is 13.1. The van der Waals surface area contributed by atoms with E-state index in [2.05, 4.69) is 4.98 Å². The van der Waals surface area contributed by atoms with E-state index in [0.29, 0.717) is 22.3 Å². The summed E-state index contributed by atoms with van der Waals surface area (Å²) in [5, 5.41) is 21.6. The van der Waals surface area contributed by atoms with E-state index in [0.717, 1.165) is 5.56 Å². The number of esters is 1. The standard InChI is InChI=1S/C20H17N3O5/c1-2-20(27)12-6-15-16-9(5-10-14(22-16)4-3-13(21)17(10)24)7-23(15)18(25)11(12)8-28-19(20)26/h3-6,24,27H,2,7-8,21H2,1H3. The number of rotatable bonds is 1. The minimum atomic E-state index is -1.85. The van der Waals surface area contributed by atoms with Crippen LogP contribution in [0.2, 0.25) is 0 Å². The van der Waals surface area contributed by atoms with Crippen molar-refractivity contribution in [3.05, 3.63) is 51.3 Å². The molecule has 1 unspecified atom stereocenters. The number of nitrogen functional groups attached to an aromatic ring is 1. The highest BCUT2D eigenvalue weighted by Crippen LogP contribution is 2.40. The van der Waals surface area contributed by atoms with Crippen molar-refractivity contribution in [2.75, 3.05) is 5.73 Å². The molecule has 0 saturated heterocycles. The fraction of sp³-hybridized carbons (Fsp3) is 0.250. The third-order valence-electron chi connectivity index (χ3n) is 5.69. The summed E-state index contributed by atoms with van der Waals surface area (Å²) in [4.78, 5) is 29.8. The first-order valence-corrected chi connectivity index (χ1v) is 8.93. The van der Waals surface area contributed by atoms with Crippen molar-refractivity contribution in [1.82, 2.24) is 9.55 Å². The topological polar surface area (TPSA) is 128 Å². The van der Waals surface area contributed by atoms with Crippen molar-refractivity contribution in [3.8, 4) is 17.1 Å². The Morgan fingerprint density at radius 1 is 1.32 bits per heavy atom. The molecule has 1 atom stereocenters. The fourth-order valence-electron chi connectivity index (χ4n) is 4.05. The van der Waals surface area contributed by atoms with E-state index in [1.54, 1.807) is 35.8 Å². The van der Waals surface area contributed by atoms with Gasteiger partial charge in [0.05, 0.1) is 34.7 Å². The molecule has 3 aromatic rings. The molecule has 2 aliphatic heterocycles. The van der Waals surface area contributed by atoms with Crippen LogP contribution < -0.4 is 11.3 Å². The number of hydrogen-bond acceptors (Lipinski definition) is 7. The summed E-state index contributed by atoms with van der Waals surface area (Å²) in [6.07, 6.45) is 0.0902. The first-order valence-electron chi connectivity index (χ1n) is 8.93. The summed E-state index contributed by atoms with van der Waals surface area (Å²) < 4.78 is 6.60. The Balaban J connectivity index is 1.80. The number of cyclic esters (lactones) is 1. The highest BCUT2D eigenvalue weighted by Gasteiger charge is 2.45. The normalized spacial score (nSPS) is 19.9. The van der Waals surface area contributed by atoms with E-state index in [1.807, 2.05) is 0 Å². The summed E-state index contributed by atoms with van der Waals surface area (Å²) in [6.45, 7) is 1.76. The molecular formula is C20H17N3O5. The van der Waals surface area contributed by atoms with Crippen LogP contribution in [0.1, 0.15) is 30.0 Å². The molecule has 0 fully saturated rings. The second kappa shape index (κ2) is 5.32. The molecule has 8 nitrogen and oxygen atoms in total. The van der Waals surface area contributed by atoms with Crippen molar-refractivity contribution in [2.24, 2.45) is 0 Å². The number of carbonyl (C=O) groups is 1. The molecule has 0 aliphatic carbocycles. The molecule has 28 heavy (non-hydrogen) atoms. The first kappa shape index (κ1) is 16.8. The van der Waals surface area contributed by atoms with Gasteiger partial charge in [-0.05, 0) is 30.7 Å². The van der Waals surface area contributed by atoms with Gasteiger partial charge in [0.15, 0.2) is 5.60 Å². The van der Waals surface area contributed by atoms with Crippen molar-refractivity contribution in [1.29, 1.82) is 0 Å². The molecule has 1 aromatic carbocycles. The number of nitrogens with two attached hydrogens (primary N) is 1. The molecular weight excluding hydrogens is 362 g/mol. The Labute approximate surface area is 158 Å². The zero-order valence-corrected chi connectivity index (χ0v) is 15.0. The molecule has 2 aliphatic rings. The number of aromatic nitrogens is 2. The molecule has 142 valence electrons. The van der Waals surface area contributed by atoms with Crippen LogP contribution in [-0.4, -0.2) is 25.7 Å². The smallest absolute Gasteiger partial charge is 0.343 e. The lowest BCUT2D eigenvalue weighted by Gasteiger charge is -2.31. The van der Waals surface area contributed by atoms with Crippen molar-refractivity contribution < 1.29 is 19.7 Å². The zero-order valence-electron chi connectivity index (χ0n) is 15.0. The number of fused-ring (bicyclic) bond motifs is 5. The molecule has 0 saturated carbocycles. The quantitative estimate of drug-likeness (QED) is 0.259. The van der Waals surface area contributed by atoms with Gasteiger partial charge in [-0.15, -0.1) is 0 Å². The van der Waals surface area contributed by atoms with Gasteiger partial charge in [-0.1, -0.05) is 6.92 Å². The monoisotopic (exact) mass is 379 g/mol. The van der Waals surface area contributed by atoms with Crippen molar-refractivity contribution >= 4 is 22.6 Å².